The number of nitrogens with two attached hydrogens (primary N) is 1. The summed E-state index contributed by atoms with van der Waals surface area (Å²) in [6, 6.07) is 7.03. The second-order valence-corrected chi connectivity index (χ2v) is 4.57. The van der Waals surface area contributed by atoms with Crippen LogP contribution in [0.2, 0.25) is 0 Å². The van der Waals surface area contributed by atoms with Crippen molar-refractivity contribution in [3.63, 3.8) is 0 Å². The molecule has 0 atom stereocenters. The van der Waals surface area contributed by atoms with E-state index in [-0.39, 0.29) is 12.5 Å². The lowest BCUT2D eigenvalue weighted by atomic mass is 9.97. The van der Waals surface area contributed by atoms with Crippen LogP contribution in [0, 0.1) is 0 Å². The van der Waals surface area contributed by atoms with Crippen molar-refractivity contribution in [1.29, 1.82) is 0 Å². The minimum absolute atomic E-state index is 0.0513. The van der Waals surface area contributed by atoms with Gasteiger partial charge in [0, 0.05) is 0 Å². The number of anilines is 1. The number of aliphatic hydroxyl groups is 1. The van der Waals surface area contributed by atoms with E-state index in [0.29, 0.717) is 24.5 Å². The summed E-state index contributed by atoms with van der Waals surface area (Å²) in [5, 5.41) is 9.51. The van der Waals surface area contributed by atoms with Crippen LogP contribution in [-0.2, 0) is 4.79 Å². The molecule has 0 unspecified atom stereocenters. The van der Waals surface area contributed by atoms with Crippen LogP contribution in [0.3, 0.4) is 0 Å². The van der Waals surface area contributed by atoms with Crippen molar-refractivity contribution < 1.29 is 14.6 Å². The first-order valence-corrected chi connectivity index (χ1v) is 5.45. The van der Waals surface area contributed by atoms with Crippen LogP contribution >= 0.6 is 0 Å². The highest BCUT2D eigenvalue weighted by Crippen LogP contribution is 2.22. The van der Waals surface area contributed by atoms with E-state index in [0.717, 1.165) is 0 Å². The van der Waals surface area contributed by atoms with Crippen LogP contribution < -0.4 is 10.5 Å². The fourth-order valence-electron chi connectivity index (χ4n) is 1.80. The Labute approximate surface area is 99.8 Å². The number of carbonyl (C=O) groups is 1. The molecule has 0 spiro atoms. The molecular formula is C12H16N2O3. The summed E-state index contributed by atoms with van der Waals surface area (Å²) in [6.07, 6.45) is 0. The summed E-state index contributed by atoms with van der Waals surface area (Å²) in [7, 11) is 0. The van der Waals surface area contributed by atoms with Crippen LogP contribution in [-0.4, -0.2) is 41.2 Å². The standard InChI is InChI=1S/C12H16N2O3/c1-12(16)7-14(8-12)11(15)6-17-10-5-3-2-4-9(10)13/h2-5,16H,6-8,13H2,1H3. The van der Waals surface area contributed by atoms with Gasteiger partial charge >= 0.3 is 0 Å². The van der Waals surface area contributed by atoms with Crippen molar-refractivity contribution in [1.82, 2.24) is 4.90 Å². The predicted octanol–water partition coefficient (Wildman–Crippen LogP) is 0.241. The number of nitrogens with zero attached hydrogens (tertiary/aromatic N) is 1. The Hall–Kier alpha value is -1.75. The molecule has 1 saturated heterocycles. The second kappa shape index (κ2) is 4.25. The number of benzene rings is 1. The molecular weight excluding hydrogens is 220 g/mol. The van der Waals surface area contributed by atoms with Crippen molar-refractivity contribution in [2.45, 2.75) is 12.5 Å². The molecule has 0 aromatic heterocycles. The maximum absolute atomic E-state index is 11.6. The highest BCUT2D eigenvalue weighted by Gasteiger charge is 2.39. The fraction of sp³-hybridized carbons (Fsp3) is 0.417. The first kappa shape index (κ1) is 11.7. The molecule has 1 amide bonds. The minimum Gasteiger partial charge on any atom is -0.482 e. The van der Waals surface area contributed by atoms with Gasteiger partial charge in [-0.3, -0.25) is 4.79 Å². The van der Waals surface area contributed by atoms with Gasteiger partial charge in [0.25, 0.3) is 5.91 Å². The number of hydrogen-bond acceptors (Lipinski definition) is 4. The first-order valence-electron chi connectivity index (χ1n) is 5.45. The van der Waals surface area contributed by atoms with Crippen molar-refractivity contribution in [2.24, 2.45) is 0 Å². The maximum Gasteiger partial charge on any atom is 0.260 e. The molecule has 1 aromatic carbocycles. The zero-order valence-electron chi connectivity index (χ0n) is 9.72. The zero-order valence-corrected chi connectivity index (χ0v) is 9.72. The Morgan fingerprint density at radius 1 is 1.53 bits per heavy atom. The summed E-state index contributed by atoms with van der Waals surface area (Å²) in [5.74, 6) is 0.368. The summed E-state index contributed by atoms with van der Waals surface area (Å²) in [5.41, 5.74) is 5.44. The largest absolute Gasteiger partial charge is 0.482 e. The average molecular weight is 236 g/mol. The van der Waals surface area contributed by atoms with E-state index < -0.39 is 5.60 Å². The number of rotatable bonds is 3. The Balaban J connectivity index is 1.83. The molecule has 5 nitrogen and oxygen atoms in total. The van der Waals surface area contributed by atoms with Gasteiger partial charge in [-0.05, 0) is 19.1 Å². The number of likely N-dealkylation sites (tertiary alicyclic amines) is 1. The Morgan fingerprint density at radius 2 is 2.18 bits per heavy atom. The van der Waals surface area contributed by atoms with Gasteiger partial charge in [0.15, 0.2) is 6.61 Å². The minimum atomic E-state index is -0.749. The SMILES string of the molecule is CC1(O)CN(C(=O)COc2ccccc2N)C1. The van der Waals surface area contributed by atoms with E-state index in [1.165, 1.54) is 0 Å². The van der Waals surface area contributed by atoms with Crippen LogP contribution in [0.4, 0.5) is 5.69 Å². The molecule has 1 fully saturated rings. The van der Waals surface area contributed by atoms with Crippen LogP contribution in [0.1, 0.15) is 6.92 Å². The first-order chi connectivity index (χ1) is 7.98. The molecule has 1 aromatic rings. The average Bonchev–Trinajstić information content (AvgIpc) is 2.24. The van der Waals surface area contributed by atoms with Crippen LogP contribution in [0.25, 0.3) is 0 Å². The lowest BCUT2D eigenvalue weighted by Crippen LogP contribution is -2.62. The number of amides is 1. The molecule has 1 heterocycles. The number of para-hydroxylation sites is 2. The third-order valence-electron chi connectivity index (χ3n) is 2.69. The van der Waals surface area contributed by atoms with Gasteiger partial charge in [-0.15, -0.1) is 0 Å². The predicted molar refractivity (Wildman–Crippen MR) is 63.6 cm³/mol. The molecule has 1 aliphatic rings. The van der Waals surface area contributed by atoms with Crippen molar-refractivity contribution in [3.8, 4) is 5.75 Å². The molecule has 17 heavy (non-hydrogen) atoms. The van der Waals surface area contributed by atoms with Gasteiger partial charge in [0.1, 0.15) is 5.75 Å². The summed E-state index contributed by atoms with van der Waals surface area (Å²) < 4.78 is 5.33. The number of β-amino-alcohol motifs (C(OH)–C–C–N with tert-alkyl or cyclic N) is 1. The van der Waals surface area contributed by atoms with E-state index in [1.54, 1.807) is 36.1 Å². The molecule has 0 bridgehead atoms. The van der Waals surface area contributed by atoms with Gasteiger partial charge in [0.2, 0.25) is 0 Å². The number of nitrogen functional groups attached to an aromatic ring is 1. The van der Waals surface area contributed by atoms with E-state index in [4.69, 9.17) is 10.5 Å². The quantitative estimate of drug-likeness (QED) is 0.737. The third kappa shape index (κ3) is 2.68. The number of ether oxygens (including phenoxy) is 1. The normalized spacial score (nSPS) is 17.4. The highest BCUT2D eigenvalue weighted by atomic mass is 16.5. The second-order valence-electron chi connectivity index (χ2n) is 4.57. The van der Waals surface area contributed by atoms with E-state index in [9.17, 15) is 9.90 Å². The third-order valence-corrected chi connectivity index (χ3v) is 2.69. The lowest BCUT2D eigenvalue weighted by molar-refractivity contribution is -0.154. The van der Waals surface area contributed by atoms with Gasteiger partial charge in [-0.1, -0.05) is 12.1 Å². The van der Waals surface area contributed by atoms with Gasteiger partial charge in [-0.2, -0.15) is 0 Å². The van der Waals surface area contributed by atoms with Gasteiger partial charge in [0.05, 0.1) is 24.4 Å². The fourth-order valence-corrected chi connectivity index (χ4v) is 1.80. The van der Waals surface area contributed by atoms with E-state index >= 15 is 0 Å². The molecule has 92 valence electrons. The van der Waals surface area contributed by atoms with E-state index in [1.807, 2.05) is 0 Å². The summed E-state index contributed by atoms with van der Waals surface area (Å²) in [4.78, 5) is 13.2. The van der Waals surface area contributed by atoms with Crippen molar-refractivity contribution in [3.05, 3.63) is 24.3 Å². The monoisotopic (exact) mass is 236 g/mol. The molecule has 2 rings (SSSR count). The Kier molecular flexibility index (Phi) is 2.93. The Morgan fingerprint density at radius 3 is 2.76 bits per heavy atom. The highest BCUT2D eigenvalue weighted by molar-refractivity contribution is 5.79. The summed E-state index contributed by atoms with van der Waals surface area (Å²) in [6.45, 7) is 2.37. The molecule has 3 N–H and O–H groups in total. The Bertz CT molecular complexity index is 424. The molecule has 0 saturated carbocycles. The lowest BCUT2D eigenvalue weighted by Gasteiger charge is -2.44. The van der Waals surface area contributed by atoms with Crippen molar-refractivity contribution >= 4 is 11.6 Å². The smallest absolute Gasteiger partial charge is 0.260 e. The summed E-state index contributed by atoms with van der Waals surface area (Å²) >= 11 is 0. The topological polar surface area (TPSA) is 75.8 Å². The zero-order chi connectivity index (χ0) is 12.5. The number of hydrogen-bond donors (Lipinski definition) is 2. The molecule has 5 heteroatoms. The van der Waals surface area contributed by atoms with E-state index in [2.05, 4.69) is 0 Å². The molecule has 0 radical (unpaired) electrons. The van der Waals surface area contributed by atoms with Gasteiger partial charge in [-0.25, -0.2) is 0 Å². The maximum atomic E-state index is 11.6. The molecule has 0 aliphatic carbocycles. The van der Waals surface area contributed by atoms with Gasteiger partial charge < -0.3 is 20.5 Å². The molecule has 1 aliphatic heterocycles. The van der Waals surface area contributed by atoms with Crippen molar-refractivity contribution in [2.75, 3.05) is 25.4 Å². The van der Waals surface area contributed by atoms with Crippen LogP contribution in [0.5, 0.6) is 5.75 Å². The number of carbonyl (C=O) groups excluding carboxylic acids is 1. The van der Waals surface area contributed by atoms with Crippen LogP contribution in [0.15, 0.2) is 24.3 Å².